The lowest BCUT2D eigenvalue weighted by Crippen LogP contribution is -2.42. The van der Waals surface area contributed by atoms with Gasteiger partial charge >= 0.3 is 0 Å². The van der Waals surface area contributed by atoms with Crippen LogP contribution in [0.15, 0.2) is 47.4 Å². The molecule has 1 amide bonds. The van der Waals surface area contributed by atoms with Crippen LogP contribution in [0.25, 0.3) is 0 Å². The Morgan fingerprint density at radius 3 is 2.55 bits per heavy atom. The smallest absolute Gasteiger partial charge is 0.227 e. The first-order chi connectivity index (χ1) is 15.6. The van der Waals surface area contributed by atoms with Crippen LogP contribution in [0.2, 0.25) is 10.0 Å². The molecule has 0 spiro atoms. The molecule has 6 nitrogen and oxygen atoms in total. The Morgan fingerprint density at radius 1 is 1.18 bits per heavy atom. The van der Waals surface area contributed by atoms with Gasteiger partial charge in [0.25, 0.3) is 0 Å². The summed E-state index contributed by atoms with van der Waals surface area (Å²) in [6, 6.07) is 12.5. The van der Waals surface area contributed by atoms with Crippen molar-refractivity contribution in [1.82, 2.24) is 5.32 Å². The second kappa shape index (κ2) is 9.22. The zero-order valence-electron chi connectivity index (χ0n) is 17.4. The summed E-state index contributed by atoms with van der Waals surface area (Å²) in [5, 5.41) is 11.3. The second-order valence-corrected chi connectivity index (χ2v) is 11.5. The molecule has 0 radical (unpaired) electrons. The maximum absolute atomic E-state index is 13.8. The third kappa shape index (κ3) is 5.02. The van der Waals surface area contributed by atoms with Crippen LogP contribution >= 0.6 is 23.2 Å². The Balaban J connectivity index is 1.56. The van der Waals surface area contributed by atoms with Gasteiger partial charge in [0.1, 0.15) is 11.4 Å². The molecule has 174 valence electrons. The lowest BCUT2D eigenvalue weighted by Gasteiger charge is -2.21. The van der Waals surface area contributed by atoms with Crippen LogP contribution in [0.1, 0.15) is 31.2 Å². The molecule has 33 heavy (non-hydrogen) atoms. The van der Waals surface area contributed by atoms with Crippen LogP contribution in [-0.4, -0.2) is 31.2 Å². The molecule has 2 saturated carbocycles. The monoisotopic (exact) mass is 510 g/mol. The van der Waals surface area contributed by atoms with E-state index in [1.807, 2.05) is 0 Å². The Labute approximate surface area is 201 Å². The molecule has 0 bridgehead atoms. The van der Waals surface area contributed by atoms with Crippen molar-refractivity contribution >= 4 is 38.9 Å². The molecule has 0 heterocycles. The summed E-state index contributed by atoms with van der Waals surface area (Å²) >= 11 is 11.9. The summed E-state index contributed by atoms with van der Waals surface area (Å²) < 4.78 is 46.3. The molecule has 3 unspecified atom stereocenters. The number of carbonyl (C=O) groups is 1. The number of nitriles is 1. The van der Waals surface area contributed by atoms with Crippen LogP contribution in [-0.2, 0) is 26.0 Å². The first-order valence-electron chi connectivity index (χ1n) is 10.4. The van der Waals surface area contributed by atoms with Gasteiger partial charge in [-0.3, -0.25) is 4.79 Å². The number of halogens is 3. The SMILES string of the molecule is N#CC1(NC(=O)C2CC(S(=O)(=O)c3ccccc3Cl)CC2OCc2ccc(Cl)c(F)c2)CC1. The fraction of sp³-hybridized carbons (Fsp3) is 0.391. The molecule has 2 aliphatic rings. The van der Waals surface area contributed by atoms with E-state index in [4.69, 9.17) is 27.9 Å². The minimum Gasteiger partial charge on any atom is -0.373 e. The van der Waals surface area contributed by atoms with Gasteiger partial charge in [-0.15, -0.1) is 0 Å². The minimum atomic E-state index is -3.83. The number of benzene rings is 2. The van der Waals surface area contributed by atoms with E-state index in [-0.39, 0.29) is 34.4 Å². The number of nitrogens with zero attached hydrogens (tertiary/aromatic N) is 1. The molecule has 2 aromatic carbocycles. The van der Waals surface area contributed by atoms with Gasteiger partial charge in [0.15, 0.2) is 9.84 Å². The van der Waals surface area contributed by atoms with Crippen molar-refractivity contribution in [2.75, 3.05) is 0 Å². The van der Waals surface area contributed by atoms with Crippen LogP contribution < -0.4 is 5.32 Å². The quantitative estimate of drug-likeness (QED) is 0.593. The summed E-state index contributed by atoms with van der Waals surface area (Å²) in [5.74, 6) is -1.80. The Bertz CT molecular complexity index is 1230. The highest BCUT2D eigenvalue weighted by atomic mass is 35.5. The molecule has 3 atom stereocenters. The van der Waals surface area contributed by atoms with Gasteiger partial charge in [0.2, 0.25) is 5.91 Å². The number of carbonyl (C=O) groups excluding carboxylic acids is 1. The van der Waals surface area contributed by atoms with Gasteiger partial charge in [-0.25, -0.2) is 12.8 Å². The first kappa shape index (κ1) is 24.0. The molecule has 2 aromatic rings. The van der Waals surface area contributed by atoms with E-state index in [2.05, 4.69) is 11.4 Å². The van der Waals surface area contributed by atoms with Gasteiger partial charge in [0, 0.05) is 0 Å². The Morgan fingerprint density at radius 2 is 1.91 bits per heavy atom. The number of ether oxygens (including phenoxy) is 1. The van der Waals surface area contributed by atoms with E-state index in [1.165, 1.54) is 24.3 Å². The number of hydrogen-bond acceptors (Lipinski definition) is 5. The van der Waals surface area contributed by atoms with E-state index in [0.717, 1.165) is 0 Å². The summed E-state index contributed by atoms with van der Waals surface area (Å²) in [4.78, 5) is 13.0. The molecule has 10 heteroatoms. The number of rotatable bonds is 7. The highest BCUT2D eigenvalue weighted by Gasteiger charge is 2.50. The maximum Gasteiger partial charge on any atom is 0.227 e. The molecule has 2 aliphatic carbocycles. The lowest BCUT2D eigenvalue weighted by atomic mass is 10.0. The summed E-state index contributed by atoms with van der Waals surface area (Å²) in [5.41, 5.74) is -0.384. The van der Waals surface area contributed by atoms with E-state index >= 15 is 0 Å². The van der Waals surface area contributed by atoms with Crippen molar-refractivity contribution in [2.24, 2.45) is 5.92 Å². The summed E-state index contributed by atoms with van der Waals surface area (Å²) in [6.45, 7) is -0.0230. The molecule has 1 N–H and O–H groups in total. The molecule has 0 aromatic heterocycles. The third-order valence-corrected chi connectivity index (χ3v) is 9.13. The molecule has 4 rings (SSSR count). The third-order valence-electron chi connectivity index (χ3n) is 6.15. The zero-order valence-corrected chi connectivity index (χ0v) is 19.8. The predicted molar refractivity (Wildman–Crippen MR) is 121 cm³/mol. The molecular formula is C23H21Cl2FN2O4S. The lowest BCUT2D eigenvalue weighted by molar-refractivity contribution is -0.130. The number of nitrogens with one attached hydrogen (secondary N) is 1. The van der Waals surface area contributed by atoms with Crippen molar-refractivity contribution < 1.29 is 22.3 Å². The molecule has 0 saturated heterocycles. The summed E-state index contributed by atoms with van der Waals surface area (Å²) in [6.07, 6.45) is 0.472. The van der Waals surface area contributed by atoms with Crippen LogP contribution in [0.4, 0.5) is 4.39 Å². The first-order valence-corrected chi connectivity index (χ1v) is 12.7. The van der Waals surface area contributed by atoms with Crippen molar-refractivity contribution in [1.29, 1.82) is 5.26 Å². The fourth-order valence-electron chi connectivity index (χ4n) is 4.07. The van der Waals surface area contributed by atoms with E-state index in [1.54, 1.807) is 18.2 Å². The van der Waals surface area contributed by atoms with Crippen molar-refractivity contribution in [3.63, 3.8) is 0 Å². The highest BCUT2D eigenvalue weighted by molar-refractivity contribution is 7.92. The molecule has 2 fully saturated rings. The average molecular weight is 511 g/mol. The Kier molecular flexibility index (Phi) is 6.70. The molecular weight excluding hydrogens is 490 g/mol. The standard InChI is InChI=1S/C23H21Cl2FN2O4S/c24-17-6-5-14(9-19(17)26)12-32-20-11-15(33(30,31)21-4-2-1-3-18(21)25)10-16(20)22(29)28-23(13-27)7-8-23/h1-6,9,15-16,20H,7-8,10-12H2,(H,28,29). The van der Waals surface area contributed by atoms with Crippen LogP contribution in [0.3, 0.4) is 0 Å². The normalized spacial score (nSPS) is 23.6. The molecule has 0 aliphatic heterocycles. The van der Waals surface area contributed by atoms with Crippen LogP contribution in [0.5, 0.6) is 0 Å². The topological polar surface area (TPSA) is 96.3 Å². The number of sulfone groups is 1. The average Bonchev–Trinajstić information content (AvgIpc) is 3.41. The van der Waals surface area contributed by atoms with Crippen molar-refractivity contribution in [3.8, 4) is 6.07 Å². The van der Waals surface area contributed by atoms with Gasteiger partial charge in [-0.1, -0.05) is 41.4 Å². The van der Waals surface area contributed by atoms with Crippen molar-refractivity contribution in [3.05, 3.63) is 63.9 Å². The largest absolute Gasteiger partial charge is 0.373 e. The van der Waals surface area contributed by atoms with Gasteiger partial charge in [-0.2, -0.15) is 5.26 Å². The van der Waals surface area contributed by atoms with Gasteiger partial charge < -0.3 is 10.1 Å². The van der Waals surface area contributed by atoms with Crippen LogP contribution in [0, 0.1) is 23.1 Å². The minimum absolute atomic E-state index is 0.00642. The fourth-order valence-corrected chi connectivity index (χ4v) is 6.52. The van der Waals surface area contributed by atoms with Crippen molar-refractivity contribution in [2.45, 2.75) is 54.1 Å². The summed E-state index contributed by atoms with van der Waals surface area (Å²) in [7, 11) is -3.83. The van der Waals surface area contributed by atoms with Gasteiger partial charge in [-0.05, 0) is 55.5 Å². The second-order valence-electron chi connectivity index (χ2n) is 8.46. The number of amides is 1. The maximum atomic E-state index is 13.8. The van der Waals surface area contributed by atoms with E-state index in [9.17, 15) is 22.9 Å². The van der Waals surface area contributed by atoms with E-state index < -0.39 is 44.4 Å². The number of hydrogen-bond donors (Lipinski definition) is 1. The highest BCUT2D eigenvalue weighted by Crippen LogP contribution is 2.40. The zero-order chi connectivity index (χ0) is 23.8. The van der Waals surface area contributed by atoms with Gasteiger partial charge in [0.05, 0.1) is 44.9 Å². The van der Waals surface area contributed by atoms with E-state index in [0.29, 0.717) is 18.4 Å². The Hall–Kier alpha value is -2.18. The predicted octanol–water partition coefficient (Wildman–Crippen LogP) is 4.44.